The number of aromatic nitrogens is 1. The third-order valence-electron chi connectivity index (χ3n) is 4.15. The number of carbonyl (C=O) groups is 1. The summed E-state index contributed by atoms with van der Waals surface area (Å²) in [5, 5.41) is 3.81. The summed E-state index contributed by atoms with van der Waals surface area (Å²) in [5.74, 6) is -0.565. The molecule has 24 heavy (non-hydrogen) atoms. The van der Waals surface area contributed by atoms with Crippen molar-refractivity contribution >= 4 is 16.8 Å². The predicted octanol–water partition coefficient (Wildman–Crippen LogP) is 3.19. The molecule has 5 heteroatoms. The van der Waals surface area contributed by atoms with E-state index in [1.165, 1.54) is 6.07 Å². The van der Waals surface area contributed by atoms with Crippen LogP contribution >= 0.6 is 0 Å². The van der Waals surface area contributed by atoms with Crippen LogP contribution in [0.1, 0.15) is 28.5 Å². The summed E-state index contributed by atoms with van der Waals surface area (Å²) < 4.78 is 15.9. The van der Waals surface area contributed by atoms with Crippen LogP contribution in [0.5, 0.6) is 0 Å². The Morgan fingerprint density at radius 2 is 2.00 bits per heavy atom. The Kier molecular flexibility index (Phi) is 4.62. The maximum Gasteiger partial charge on any atom is 0.268 e. The van der Waals surface area contributed by atoms with Gasteiger partial charge in [0.15, 0.2) is 0 Å². The molecule has 0 saturated heterocycles. The quantitative estimate of drug-likeness (QED) is 0.757. The van der Waals surface area contributed by atoms with Crippen LogP contribution < -0.4 is 11.1 Å². The van der Waals surface area contributed by atoms with E-state index in [-0.39, 0.29) is 18.3 Å². The second kappa shape index (κ2) is 6.84. The number of rotatable bonds is 5. The molecule has 0 unspecified atom stereocenters. The maximum atomic E-state index is 14.0. The fourth-order valence-corrected chi connectivity index (χ4v) is 2.87. The topological polar surface area (TPSA) is 60.0 Å². The minimum Gasteiger partial charge on any atom is -0.347 e. The standard InChI is InChI=1S/C19H20FN3O/c1-2-23-17-6-4-3-5-14(17)10-18(23)19(24)22-12-15-8-7-13(11-21)9-16(15)20/h3-10H,2,11-12,21H2,1H3,(H,22,24). The molecule has 0 aliphatic heterocycles. The van der Waals surface area contributed by atoms with Crippen molar-refractivity contribution in [1.29, 1.82) is 0 Å². The lowest BCUT2D eigenvalue weighted by Gasteiger charge is -2.10. The summed E-state index contributed by atoms with van der Waals surface area (Å²) >= 11 is 0. The third kappa shape index (κ3) is 3.03. The number of halogens is 1. The Morgan fingerprint density at radius 3 is 2.71 bits per heavy atom. The minimum absolute atomic E-state index is 0.140. The average Bonchev–Trinajstić information content (AvgIpc) is 2.99. The third-order valence-corrected chi connectivity index (χ3v) is 4.15. The van der Waals surface area contributed by atoms with Gasteiger partial charge < -0.3 is 15.6 Å². The Bertz CT molecular complexity index is 885. The van der Waals surface area contributed by atoms with Crippen molar-refractivity contribution < 1.29 is 9.18 Å². The van der Waals surface area contributed by atoms with Crippen molar-refractivity contribution in [2.75, 3.05) is 0 Å². The fraction of sp³-hybridized carbons (Fsp3) is 0.211. The highest BCUT2D eigenvalue weighted by Gasteiger charge is 2.14. The highest BCUT2D eigenvalue weighted by molar-refractivity contribution is 5.98. The molecule has 0 fully saturated rings. The van der Waals surface area contributed by atoms with Crippen molar-refractivity contribution in [2.24, 2.45) is 5.73 Å². The summed E-state index contributed by atoms with van der Waals surface area (Å²) in [6, 6.07) is 14.6. The van der Waals surface area contributed by atoms with Gasteiger partial charge in [0.2, 0.25) is 0 Å². The second-order valence-electron chi connectivity index (χ2n) is 5.65. The van der Waals surface area contributed by atoms with Gasteiger partial charge in [-0.2, -0.15) is 0 Å². The van der Waals surface area contributed by atoms with Gasteiger partial charge in [0.1, 0.15) is 11.5 Å². The number of amides is 1. The monoisotopic (exact) mass is 325 g/mol. The van der Waals surface area contributed by atoms with Crippen LogP contribution in [0.3, 0.4) is 0 Å². The molecule has 0 spiro atoms. The van der Waals surface area contributed by atoms with Crippen LogP contribution in [0.2, 0.25) is 0 Å². The Hall–Kier alpha value is -2.66. The first-order chi connectivity index (χ1) is 11.6. The molecule has 0 radical (unpaired) electrons. The summed E-state index contributed by atoms with van der Waals surface area (Å²) in [7, 11) is 0. The van der Waals surface area contributed by atoms with Gasteiger partial charge in [-0.25, -0.2) is 4.39 Å². The van der Waals surface area contributed by atoms with Crippen molar-refractivity contribution in [3.05, 3.63) is 71.2 Å². The van der Waals surface area contributed by atoms with Gasteiger partial charge >= 0.3 is 0 Å². The van der Waals surface area contributed by atoms with Crippen LogP contribution in [-0.4, -0.2) is 10.5 Å². The smallest absolute Gasteiger partial charge is 0.268 e. The van der Waals surface area contributed by atoms with E-state index in [2.05, 4.69) is 5.32 Å². The number of nitrogens with zero attached hydrogens (tertiary/aromatic N) is 1. The van der Waals surface area contributed by atoms with E-state index in [4.69, 9.17) is 5.73 Å². The SMILES string of the molecule is CCn1c(C(=O)NCc2ccc(CN)cc2F)cc2ccccc21. The minimum atomic E-state index is -0.353. The van der Waals surface area contributed by atoms with Gasteiger partial charge in [0.05, 0.1) is 0 Å². The summed E-state index contributed by atoms with van der Waals surface area (Å²) in [6.45, 7) is 3.12. The van der Waals surface area contributed by atoms with E-state index in [1.54, 1.807) is 12.1 Å². The van der Waals surface area contributed by atoms with Gasteiger partial charge in [0.25, 0.3) is 5.91 Å². The first-order valence-electron chi connectivity index (χ1n) is 7.98. The normalized spacial score (nSPS) is 11.0. The summed E-state index contributed by atoms with van der Waals surface area (Å²) in [6.07, 6.45) is 0. The number of hydrogen-bond donors (Lipinski definition) is 2. The Balaban J connectivity index is 1.80. The molecule has 1 amide bonds. The number of benzene rings is 2. The van der Waals surface area contributed by atoms with Crippen molar-refractivity contribution in [3.63, 3.8) is 0 Å². The highest BCUT2D eigenvalue weighted by Crippen LogP contribution is 2.20. The summed E-state index contributed by atoms with van der Waals surface area (Å²) in [5.41, 5.74) is 8.27. The maximum absolute atomic E-state index is 14.0. The first kappa shape index (κ1) is 16.2. The van der Waals surface area contributed by atoms with Gasteiger partial charge in [-0.1, -0.05) is 30.3 Å². The van der Waals surface area contributed by atoms with E-state index in [9.17, 15) is 9.18 Å². The van der Waals surface area contributed by atoms with Crippen LogP contribution in [0.15, 0.2) is 48.5 Å². The lowest BCUT2D eigenvalue weighted by molar-refractivity contribution is 0.0942. The number of nitrogens with two attached hydrogens (primary N) is 1. The molecule has 0 saturated carbocycles. The molecule has 2 aromatic carbocycles. The number of carbonyl (C=O) groups excluding carboxylic acids is 1. The molecule has 1 heterocycles. The number of hydrogen-bond acceptors (Lipinski definition) is 2. The molecule has 3 rings (SSSR count). The zero-order valence-electron chi connectivity index (χ0n) is 13.6. The van der Waals surface area contributed by atoms with Gasteiger partial charge in [0, 0.05) is 36.1 Å². The van der Waals surface area contributed by atoms with Crippen LogP contribution in [0.25, 0.3) is 10.9 Å². The zero-order valence-corrected chi connectivity index (χ0v) is 13.6. The molecule has 0 bridgehead atoms. The lowest BCUT2D eigenvalue weighted by atomic mass is 10.1. The van der Waals surface area contributed by atoms with E-state index in [0.717, 1.165) is 16.5 Å². The summed E-state index contributed by atoms with van der Waals surface area (Å²) in [4.78, 5) is 12.5. The zero-order chi connectivity index (χ0) is 17.1. The number of fused-ring (bicyclic) bond motifs is 1. The number of para-hydroxylation sites is 1. The van der Waals surface area contributed by atoms with Crippen LogP contribution in [0.4, 0.5) is 4.39 Å². The Labute approximate surface area is 140 Å². The van der Waals surface area contributed by atoms with Gasteiger partial charge in [-0.05, 0) is 30.7 Å². The van der Waals surface area contributed by atoms with Crippen LogP contribution in [0, 0.1) is 5.82 Å². The Morgan fingerprint density at radius 1 is 1.21 bits per heavy atom. The molecule has 3 N–H and O–H groups in total. The van der Waals surface area contributed by atoms with E-state index in [0.29, 0.717) is 24.3 Å². The van der Waals surface area contributed by atoms with E-state index in [1.807, 2.05) is 41.8 Å². The molecule has 0 aliphatic rings. The lowest BCUT2D eigenvalue weighted by Crippen LogP contribution is -2.25. The van der Waals surface area contributed by atoms with Crippen molar-refractivity contribution in [2.45, 2.75) is 26.6 Å². The van der Waals surface area contributed by atoms with E-state index < -0.39 is 0 Å². The predicted molar refractivity (Wildman–Crippen MR) is 93.1 cm³/mol. The average molecular weight is 325 g/mol. The highest BCUT2D eigenvalue weighted by atomic mass is 19.1. The molecular weight excluding hydrogens is 305 g/mol. The van der Waals surface area contributed by atoms with Gasteiger partial charge in [-0.3, -0.25) is 4.79 Å². The molecule has 0 atom stereocenters. The van der Waals surface area contributed by atoms with Gasteiger partial charge in [-0.15, -0.1) is 0 Å². The number of nitrogens with one attached hydrogen (secondary N) is 1. The molecule has 4 nitrogen and oxygen atoms in total. The molecule has 1 aromatic heterocycles. The van der Waals surface area contributed by atoms with Crippen molar-refractivity contribution in [3.8, 4) is 0 Å². The first-order valence-corrected chi connectivity index (χ1v) is 7.98. The van der Waals surface area contributed by atoms with Crippen molar-refractivity contribution in [1.82, 2.24) is 9.88 Å². The molecule has 3 aromatic rings. The van der Waals surface area contributed by atoms with E-state index >= 15 is 0 Å². The fourth-order valence-electron chi connectivity index (χ4n) is 2.87. The largest absolute Gasteiger partial charge is 0.347 e. The number of aryl methyl sites for hydroxylation is 1. The molecule has 0 aliphatic carbocycles. The molecule has 124 valence electrons. The van der Waals surface area contributed by atoms with Crippen LogP contribution in [-0.2, 0) is 19.6 Å². The molecular formula is C19H20FN3O. The second-order valence-corrected chi connectivity index (χ2v) is 5.65.